The first-order chi connectivity index (χ1) is 12.2. The number of carbonyl (C=O) groups excluding carboxylic acids is 2. The van der Waals surface area contributed by atoms with Crippen LogP contribution in [0, 0.1) is 10.8 Å². The zero-order chi connectivity index (χ0) is 18.9. The molecule has 0 aromatic rings. The number of hydrogen-bond donors (Lipinski definition) is 1. The molecule has 2 aliphatic carbocycles. The van der Waals surface area contributed by atoms with Gasteiger partial charge in [0.25, 0.3) is 0 Å². The normalized spacial score (nSPS) is 48.6. The molecule has 7 nitrogen and oxygen atoms in total. The number of hydrogen-bond acceptors (Lipinski definition) is 7. The van der Waals surface area contributed by atoms with E-state index in [2.05, 4.69) is 6.08 Å². The van der Waals surface area contributed by atoms with Crippen LogP contribution < -0.4 is 0 Å². The second-order valence-corrected chi connectivity index (χ2v) is 8.33. The molecule has 0 aromatic heterocycles. The fourth-order valence-electron chi connectivity index (χ4n) is 5.60. The molecular weight excluding hydrogens is 340 g/mol. The molecule has 4 aliphatic rings. The lowest BCUT2D eigenvalue weighted by Gasteiger charge is -2.58. The summed E-state index contributed by atoms with van der Waals surface area (Å²) in [4.78, 5) is 23.4. The van der Waals surface area contributed by atoms with Crippen molar-refractivity contribution in [3.8, 4) is 0 Å². The Bertz CT molecular complexity index is 681. The molecule has 26 heavy (non-hydrogen) atoms. The monoisotopic (exact) mass is 366 g/mol. The molecule has 2 saturated heterocycles. The van der Waals surface area contributed by atoms with Gasteiger partial charge in [-0.25, -0.2) is 0 Å². The Kier molecular flexibility index (Phi) is 3.82. The first-order valence-electron chi connectivity index (χ1n) is 9.13. The molecule has 0 aromatic carbocycles. The Morgan fingerprint density at radius 3 is 2.62 bits per heavy atom. The SMILES string of the molecule is CC(=O)OC[C@]12CCC(C)=CC1OC1[C@H](O)[C@@H](OC(C)=O)[C@@]2(C)[C@]12CO2. The van der Waals surface area contributed by atoms with Gasteiger partial charge in [0.2, 0.25) is 0 Å². The van der Waals surface area contributed by atoms with E-state index < -0.39 is 40.7 Å². The molecule has 144 valence electrons. The highest BCUT2D eigenvalue weighted by Crippen LogP contribution is 2.72. The zero-order valence-electron chi connectivity index (χ0n) is 15.6. The van der Waals surface area contributed by atoms with Gasteiger partial charge >= 0.3 is 11.9 Å². The molecule has 0 amide bonds. The molecule has 1 N–H and O–H groups in total. The van der Waals surface area contributed by atoms with E-state index in [-0.39, 0.29) is 18.7 Å². The number of aliphatic hydroxyl groups is 1. The van der Waals surface area contributed by atoms with Gasteiger partial charge in [-0.3, -0.25) is 9.59 Å². The van der Waals surface area contributed by atoms with Crippen LogP contribution in [-0.4, -0.2) is 60.3 Å². The summed E-state index contributed by atoms with van der Waals surface area (Å²) in [6.07, 6.45) is 0.896. The van der Waals surface area contributed by atoms with Crippen LogP contribution in [-0.2, 0) is 28.5 Å². The van der Waals surface area contributed by atoms with Crippen LogP contribution >= 0.6 is 0 Å². The fraction of sp³-hybridized carbons (Fsp3) is 0.789. The maximum absolute atomic E-state index is 11.8. The summed E-state index contributed by atoms with van der Waals surface area (Å²) in [7, 11) is 0. The Morgan fingerprint density at radius 1 is 1.35 bits per heavy atom. The van der Waals surface area contributed by atoms with E-state index in [1.54, 1.807) is 0 Å². The predicted molar refractivity (Wildman–Crippen MR) is 89.1 cm³/mol. The number of carbonyl (C=O) groups is 2. The summed E-state index contributed by atoms with van der Waals surface area (Å²) in [5, 5.41) is 10.9. The largest absolute Gasteiger partial charge is 0.465 e. The summed E-state index contributed by atoms with van der Waals surface area (Å²) in [6.45, 7) is 7.31. The number of aliphatic hydroxyl groups excluding tert-OH is 1. The van der Waals surface area contributed by atoms with Crippen molar-refractivity contribution in [3.63, 3.8) is 0 Å². The summed E-state index contributed by atoms with van der Waals surface area (Å²) < 4.78 is 23.3. The molecule has 2 unspecified atom stereocenters. The molecule has 3 fully saturated rings. The molecule has 2 heterocycles. The molecule has 0 radical (unpaired) electrons. The number of esters is 2. The van der Waals surface area contributed by atoms with Gasteiger partial charge in [0, 0.05) is 19.3 Å². The van der Waals surface area contributed by atoms with Crippen molar-refractivity contribution in [3.05, 3.63) is 11.6 Å². The van der Waals surface area contributed by atoms with E-state index >= 15 is 0 Å². The van der Waals surface area contributed by atoms with Crippen LogP contribution in [0.3, 0.4) is 0 Å². The first kappa shape index (κ1) is 17.9. The average Bonchev–Trinajstić information content (AvgIpc) is 3.34. The lowest BCUT2D eigenvalue weighted by molar-refractivity contribution is -0.233. The topological polar surface area (TPSA) is 94.6 Å². The number of epoxide rings is 1. The number of fused-ring (bicyclic) bond motifs is 2. The first-order valence-corrected chi connectivity index (χ1v) is 9.13. The molecular formula is C19H26O7. The average molecular weight is 366 g/mol. The number of allylic oxidation sites excluding steroid dienone is 1. The van der Waals surface area contributed by atoms with Crippen molar-refractivity contribution in [2.75, 3.05) is 13.2 Å². The van der Waals surface area contributed by atoms with Gasteiger partial charge in [-0.1, -0.05) is 18.6 Å². The smallest absolute Gasteiger partial charge is 0.303 e. The van der Waals surface area contributed by atoms with E-state index in [1.807, 2.05) is 13.8 Å². The molecule has 7 heteroatoms. The van der Waals surface area contributed by atoms with Crippen LogP contribution in [0.4, 0.5) is 0 Å². The van der Waals surface area contributed by atoms with E-state index in [1.165, 1.54) is 19.4 Å². The summed E-state index contributed by atoms with van der Waals surface area (Å²) in [6, 6.07) is 0. The van der Waals surface area contributed by atoms with Crippen LogP contribution in [0.15, 0.2) is 11.6 Å². The minimum absolute atomic E-state index is 0.135. The van der Waals surface area contributed by atoms with Gasteiger partial charge < -0.3 is 24.1 Å². The van der Waals surface area contributed by atoms with Gasteiger partial charge in [0.1, 0.15) is 30.5 Å². The van der Waals surface area contributed by atoms with Crippen LogP contribution in [0.2, 0.25) is 0 Å². The fourth-order valence-corrected chi connectivity index (χ4v) is 5.60. The summed E-state index contributed by atoms with van der Waals surface area (Å²) in [5.41, 5.74) is -0.890. The van der Waals surface area contributed by atoms with Gasteiger partial charge in [0.05, 0.1) is 18.1 Å². The van der Waals surface area contributed by atoms with Crippen molar-refractivity contribution >= 4 is 11.9 Å². The molecule has 7 atom stereocenters. The Hall–Kier alpha value is -1.44. The van der Waals surface area contributed by atoms with Gasteiger partial charge in [-0.15, -0.1) is 0 Å². The predicted octanol–water partition coefficient (Wildman–Crippen LogP) is 1.12. The van der Waals surface area contributed by atoms with Crippen LogP contribution in [0.1, 0.15) is 40.5 Å². The molecule has 2 bridgehead atoms. The lowest BCUT2D eigenvalue weighted by Crippen LogP contribution is -2.66. The second kappa shape index (κ2) is 5.53. The van der Waals surface area contributed by atoms with Gasteiger partial charge in [-0.2, -0.15) is 0 Å². The lowest BCUT2D eigenvalue weighted by atomic mass is 9.51. The minimum atomic E-state index is -0.986. The van der Waals surface area contributed by atoms with Crippen molar-refractivity contribution in [2.45, 2.75) is 70.6 Å². The molecule has 2 aliphatic heterocycles. The van der Waals surface area contributed by atoms with Crippen molar-refractivity contribution in [2.24, 2.45) is 10.8 Å². The minimum Gasteiger partial charge on any atom is -0.465 e. The molecule has 1 spiro atoms. The van der Waals surface area contributed by atoms with Gasteiger partial charge in [-0.05, 0) is 19.8 Å². The third kappa shape index (κ3) is 2.05. The van der Waals surface area contributed by atoms with Crippen LogP contribution in [0.25, 0.3) is 0 Å². The Labute approximate surface area is 152 Å². The quantitative estimate of drug-likeness (QED) is 0.454. The highest BCUT2D eigenvalue weighted by Gasteiger charge is 2.85. The van der Waals surface area contributed by atoms with Crippen molar-refractivity contribution in [1.82, 2.24) is 0 Å². The molecule has 4 rings (SSSR count). The zero-order valence-corrected chi connectivity index (χ0v) is 15.6. The maximum Gasteiger partial charge on any atom is 0.303 e. The third-order valence-electron chi connectivity index (χ3n) is 7.08. The van der Waals surface area contributed by atoms with E-state index in [4.69, 9.17) is 18.9 Å². The van der Waals surface area contributed by atoms with E-state index in [0.717, 1.165) is 6.42 Å². The van der Waals surface area contributed by atoms with Gasteiger partial charge in [0.15, 0.2) is 0 Å². The van der Waals surface area contributed by atoms with Crippen LogP contribution in [0.5, 0.6) is 0 Å². The maximum atomic E-state index is 11.8. The standard InChI is InChI=1S/C19H26O7/c1-10-5-6-18(8-23-11(2)20)13(7-10)26-16-14(22)15(25-12(3)21)17(18,4)19(16)9-24-19/h7,13-16,22H,5-6,8-9H2,1-4H3/t13?,14-,15-,16?,17-,18-,19+/m1/s1. The Morgan fingerprint density at radius 2 is 2.04 bits per heavy atom. The second-order valence-electron chi connectivity index (χ2n) is 8.33. The van der Waals surface area contributed by atoms with E-state index in [9.17, 15) is 14.7 Å². The number of rotatable bonds is 3. The molecule has 1 saturated carbocycles. The van der Waals surface area contributed by atoms with Crippen molar-refractivity contribution in [1.29, 1.82) is 0 Å². The van der Waals surface area contributed by atoms with Crippen molar-refractivity contribution < 1.29 is 33.6 Å². The highest BCUT2D eigenvalue weighted by atomic mass is 16.7. The number of ether oxygens (including phenoxy) is 4. The van der Waals surface area contributed by atoms with E-state index in [0.29, 0.717) is 13.0 Å². The summed E-state index contributed by atoms with van der Waals surface area (Å²) in [5.74, 6) is -0.830. The highest BCUT2D eigenvalue weighted by molar-refractivity contribution is 5.67. The Balaban J connectivity index is 1.86. The third-order valence-corrected chi connectivity index (χ3v) is 7.08. The summed E-state index contributed by atoms with van der Waals surface area (Å²) >= 11 is 0.